The fourth-order valence-corrected chi connectivity index (χ4v) is 1.95. The van der Waals surface area contributed by atoms with Crippen molar-refractivity contribution in [2.75, 3.05) is 0 Å². The van der Waals surface area contributed by atoms with Gasteiger partial charge < -0.3 is 14.4 Å². The standard InChI is InChI=1S/C7H14F3O3P/c1-2-3-4-5-6(7(8,9)10)14(11,12)13/h6H,2-5H2,1H3,(H2,11,12,13)/p-2. The molecule has 86 valence electrons. The molecule has 0 aromatic heterocycles. The van der Waals surface area contributed by atoms with E-state index >= 15 is 0 Å². The fourth-order valence-electron chi connectivity index (χ4n) is 1.09. The van der Waals surface area contributed by atoms with Crippen LogP contribution in [0.5, 0.6) is 0 Å². The molecule has 0 aromatic rings. The molecule has 7 heteroatoms. The van der Waals surface area contributed by atoms with Crippen molar-refractivity contribution in [3.63, 3.8) is 0 Å². The first kappa shape index (κ1) is 13.9. The van der Waals surface area contributed by atoms with Gasteiger partial charge in [0.2, 0.25) is 0 Å². The number of hydrogen-bond donors (Lipinski definition) is 0. The molecule has 0 spiro atoms. The molecule has 0 aliphatic carbocycles. The van der Waals surface area contributed by atoms with Crippen molar-refractivity contribution in [1.82, 2.24) is 0 Å². The molecule has 0 aliphatic heterocycles. The second-order valence-electron chi connectivity index (χ2n) is 3.09. The smallest absolute Gasteiger partial charge is 0.396 e. The lowest BCUT2D eigenvalue weighted by Gasteiger charge is -2.39. The summed E-state index contributed by atoms with van der Waals surface area (Å²) in [6.07, 6.45) is -4.29. The predicted molar refractivity (Wildman–Crippen MR) is 41.6 cm³/mol. The first-order valence-electron chi connectivity index (χ1n) is 4.28. The Morgan fingerprint density at radius 1 is 1.29 bits per heavy atom. The van der Waals surface area contributed by atoms with Gasteiger partial charge in [-0.25, -0.2) is 0 Å². The summed E-state index contributed by atoms with van der Waals surface area (Å²) in [4.78, 5) is 20.6. The minimum atomic E-state index is -5.56. The maximum Gasteiger partial charge on any atom is 0.396 e. The highest BCUT2D eigenvalue weighted by Gasteiger charge is 2.41. The molecule has 0 aliphatic rings. The van der Waals surface area contributed by atoms with Crippen molar-refractivity contribution in [3.8, 4) is 0 Å². The number of unbranched alkanes of at least 4 members (excludes halogenated alkanes) is 2. The van der Waals surface area contributed by atoms with Crippen molar-refractivity contribution >= 4 is 7.60 Å². The highest BCUT2D eigenvalue weighted by atomic mass is 31.2. The van der Waals surface area contributed by atoms with Crippen LogP contribution < -0.4 is 9.79 Å². The van der Waals surface area contributed by atoms with E-state index in [1.807, 2.05) is 0 Å². The van der Waals surface area contributed by atoms with E-state index in [4.69, 9.17) is 0 Å². The minimum absolute atomic E-state index is 0.106. The largest absolute Gasteiger partial charge is 0.810 e. The number of halogens is 3. The summed E-state index contributed by atoms with van der Waals surface area (Å²) in [5.74, 6) is 0. The molecule has 1 unspecified atom stereocenters. The van der Waals surface area contributed by atoms with E-state index in [-0.39, 0.29) is 6.42 Å². The van der Waals surface area contributed by atoms with Gasteiger partial charge in [0.1, 0.15) is 0 Å². The van der Waals surface area contributed by atoms with Gasteiger partial charge in [0.05, 0.1) is 5.66 Å². The number of alkyl halides is 3. The maximum absolute atomic E-state index is 12.1. The summed E-state index contributed by atoms with van der Waals surface area (Å²) in [7, 11) is -5.56. The lowest BCUT2D eigenvalue weighted by atomic mass is 10.1. The normalized spacial score (nSPS) is 15.6. The molecule has 0 radical (unpaired) electrons. The summed E-state index contributed by atoms with van der Waals surface area (Å²) >= 11 is 0. The molecule has 0 N–H and O–H groups in total. The highest BCUT2D eigenvalue weighted by Crippen LogP contribution is 2.45. The van der Waals surface area contributed by atoms with E-state index in [0.717, 1.165) is 0 Å². The Bertz CT molecular complexity index is 211. The molecule has 14 heavy (non-hydrogen) atoms. The van der Waals surface area contributed by atoms with E-state index in [2.05, 4.69) is 0 Å². The van der Waals surface area contributed by atoms with Crippen LogP contribution in [0.1, 0.15) is 32.6 Å². The second kappa shape index (κ2) is 5.14. The third-order valence-corrected chi connectivity index (χ3v) is 3.16. The molecular formula is C7H12F3O3P-2. The third kappa shape index (κ3) is 4.98. The van der Waals surface area contributed by atoms with Crippen LogP contribution in [0, 0.1) is 0 Å². The van der Waals surface area contributed by atoms with E-state index < -0.39 is 25.9 Å². The van der Waals surface area contributed by atoms with Crippen LogP contribution >= 0.6 is 7.60 Å². The monoisotopic (exact) mass is 232 g/mol. The Hall–Kier alpha value is -0.0600. The van der Waals surface area contributed by atoms with Crippen LogP contribution in [-0.4, -0.2) is 11.8 Å². The Labute approximate surface area is 80.5 Å². The van der Waals surface area contributed by atoms with E-state index in [9.17, 15) is 27.5 Å². The molecule has 0 rings (SSSR count). The molecule has 0 heterocycles. The van der Waals surface area contributed by atoms with Gasteiger partial charge >= 0.3 is 6.18 Å². The summed E-state index contributed by atoms with van der Waals surface area (Å²) in [5.41, 5.74) is -2.72. The zero-order chi connectivity index (χ0) is 11.4. The molecule has 0 fully saturated rings. The van der Waals surface area contributed by atoms with Crippen LogP contribution in [0.25, 0.3) is 0 Å². The van der Waals surface area contributed by atoms with Gasteiger partial charge in [-0.3, -0.25) is 0 Å². The molecule has 1 atom stereocenters. The molecule has 0 saturated heterocycles. The van der Waals surface area contributed by atoms with Gasteiger partial charge in [-0.05, 0) is 6.42 Å². The Morgan fingerprint density at radius 3 is 2.07 bits per heavy atom. The Balaban J connectivity index is 4.36. The highest BCUT2D eigenvalue weighted by molar-refractivity contribution is 7.49. The fraction of sp³-hybridized carbons (Fsp3) is 1.00. The van der Waals surface area contributed by atoms with Crippen LogP contribution in [0.2, 0.25) is 0 Å². The first-order chi connectivity index (χ1) is 6.19. The van der Waals surface area contributed by atoms with E-state index in [1.165, 1.54) is 0 Å². The second-order valence-corrected chi connectivity index (χ2v) is 4.80. The average molecular weight is 232 g/mol. The van der Waals surface area contributed by atoms with Crippen molar-refractivity contribution in [1.29, 1.82) is 0 Å². The van der Waals surface area contributed by atoms with Crippen LogP contribution in [0.4, 0.5) is 13.2 Å². The van der Waals surface area contributed by atoms with Crippen LogP contribution in [0.15, 0.2) is 0 Å². The average Bonchev–Trinajstić information content (AvgIpc) is 1.92. The molecule has 0 aromatic carbocycles. The molecule has 0 bridgehead atoms. The first-order valence-corrected chi connectivity index (χ1v) is 5.89. The topological polar surface area (TPSA) is 63.2 Å². The minimum Gasteiger partial charge on any atom is -0.810 e. The summed E-state index contributed by atoms with van der Waals surface area (Å²) < 4.78 is 46.5. The molecule has 3 nitrogen and oxygen atoms in total. The summed E-state index contributed by atoms with van der Waals surface area (Å²) in [6, 6.07) is 0. The van der Waals surface area contributed by atoms with Gasteiger partial charge in [-0.15, -0.1) is 0 Å². The Morgan fingerprint density at radius 2 is 1.79 bits per heavy atom. The van der Waals surface area contributed by atoms with Gasteiger partial charge in [-0.1, -0.05) is 33.8 Å². The van der Waals surface area contributed by atoms with E-state index in [1.54, 1.807) is 6.92 Å². The van der Waals surface area contributed by atoms with Gasteiger partial charge in [0.15, 0.2) is 0 Å². The van der Waals surface area contributed by atoms with Gasteiger partial charge in [0, 0.05) is 0 Å². The Kier molecular flexibility index (Phi) is 5.12. The lowest BCUT2D eigenvalue weighted by Crippen LogP contribution is -2.37. The van der Waals surface area contributed by atoms with E-state index in [0.29, 0.717) is 12.8 Å². The van der Waals surface area contributed by atoms with Crippen molar-refractivity contribution in [3.05, 3.63) is 0 Å². The number of hydrogen-bond acceptors (Lipinski definition) is 3. The maximum atomic E-state index is 12.1. The quantitative estimate of drug-likeness (QED) is 0.531. The summed E-state index contributed by atoms with van der Waals surface area (Å²) in [5, 5.41) is 0. The van der Waals surface area contributed by atoms with Crippen LogP contribution in [-0.2, 0) is 4.57 Å². The molecule has 0 amide bonds. The van der Waals surface area contributed by atoms with Crippen molar-refractivity contribution in [2.45, 2.75) is 44.4 Å². The van der Waals surface area contributed by atoms with Crippen molar-refractivity contribution in [2.24, 2.45) is 0 Å². The lowest BCUT2D eigenvalue weighted by molar-refractivity contribution is -0.324. The van der Waals surface area contributed by atoms with Gasteiger partial charge in [-0.2, -0.15) is 13.2 Å². The number of rotatable bonds is 5. The van der Waals surface area contributed by atoms with Crippen LogP contribution in [0.3, 0.4) is 0 Å². The molecule has 0 saturated carbocycles. The van der Waals surface area contributed by atoms with Gasteiger partial charge in [0.25, 0.3) is 0 Å². The predicted octanol–water partition coefficient (Wildman–Crippen LogP) is 1.41. The SMILES string of the molecule is CCCCCC(C(F)(F)F)P(=O)([O-])[O-]. The third-order valence-electron chi connectivity index (χ3n) is 1.84. The molecular weight excluding hydrogens is 220 g/mol. The zero-order valence-corrected chi connectivity index (χ0v) is 8.61. The summed E-state index contributed by atoms with van der Waals surface area (Å²) in [6.45, 7) is 1.77. The zero-order valence-electron chi connectivity index (χ0n) is 7.71. The van der Waals surface area contributed by atoms with Crippen molar-refractivity contribution < 1.29 is 27.5 Å².